The zero-order valence-corrected chi connectivity index (χ0v) is 12.5. The van der Waals surface area contributed by atoms with Crippen molar-refractivity contribution < 1.29 is 12.6 Å². The lowest BCUT2D eigenvalue weighted by molar-refractivity contribution is 0.289. The number of rotatable bonds is 5. The van der Waals surface area contributed by atoms with Crippen molar-refractivity contribution in [1.29, 1.82) is 0 Å². The predicted octanol–water partition coefficient (Wildman–Crippen LogP) is 0.697. The Morgan fingerprint density at radius 1 is 1.30 bits per heavy atom. The normalized spacial score (nSPS) is 28.5. The SMILES string of the molecule is CCc1cnc(N2CC3C(COS(C)(=O)=O)[C@H]3C2)nc1. The quantitative estimate of drug-likeness (QED) is 0.745. The first-order chi connectivity index (χ1) is 9.48. The van der Waals surface area contributed by atoms with Gasteiger partial charge in [-0.2, -0.15) is 8.42 Å². The van der Waals surface area contributed by atoms with Gasteiger partial charge in [0, 0.05) is 25.5 Å². The second-order valence-electron chi connectivity index (χ2n) is 5.63. The van der Waals surface area contributed by atoms with Gasteiger partial charge in [0.1, 0.15) is 0 Å². The van der Waals surface area contributed by atoms with Crippen molar-refractivity contribution in [2.45, 2.75) is 13.3 Å². The number of hydrogen-bond donors (Lipinski definition) is 0. The fourth-order valence-corrected chi connectivity index (χ4v) is 3.36. The molecule has 0 N–H and O–H groups in total. The molecule has 0 aromatic carbocycles. The van der Waals surface area contributed by atoms with E-state index in [-0.39, 0.29) is 0 Å². The van der Waals surface area contributed by atoms with Gasteiger partial charge in [-0.05, 0) is 29.7 Å². The summed E-state index contributed by atoms with van der Waals surface area (Å²) in [4.78, 5) is 10.9. The average Bonchev–Trinajstić information content (AvgIpc) is 2.87. The smallest absolute Gasteiger partial charge is 0.264 e. The lowest BCUT2D eigenvalue weighted by Gasteiger charge is -2.19. The molecule has 3 atom stereocenters. The highest BCUT2D eigenvalue weighted by Crippen LogP contribution is 2.52. The van der Waals surface area contributed by atoms with Crippen LogP contribution in [0.2, 0.25) is 0 Å². The third-order valence-corrected chi connectivity index (χ3v) is 4.79. The summed E-state index contributed by atoms with van der Waals surface area (Å²) in [6, 6.07) is 0. The van der Waals surface area contributed by atoms with Crippen molar-refractivity contribution in [2.24, 2.45) is 17.8 Å². The summed E-state index contributed by atoms with van der Waals surface area (Å²) in [5, 5.41) is 0. The van der Waals surface area contributed by atoms with Gasteiger partial charge >= 0.3 is 0 Å². The van der Waals surface area contributed by atoms with Gasteiger partial charge in [-0.1, -0.05) is 6.92 Å². The Bertz CT molecular complexity index is 575. The van der Waals surface area contributed by atoms with Crippen LogP contribution in [-0.4, -0.2) is 44.3 Å². The monoisotopic (exact) mass is 297 g/mol. The molecule has 1 saturated heterocycles. The fourth-order valence-electron chi connectivity index (χ4n) is 2.96. The highest BCUT2D eigenvalue weighted by molar-refractivity contribution is 7.85. The molecule has 1 aliphatic heterocycles. The van der Waals surface area contributed by atoms with Crippen LogP contribution in [0.4, 0.5) is 5.95 Å². The van der Waals surface area contributed by atoms with Gasteiger partial charge in [0.15, 0.2) is 0 Å². The Labute approximate surface area is 119 Å². The summed E-state index contributed by atoms with van der Waals surface area (Å²) in [5.74, 6) is 2.19. The van der Waals surface area contributed by atoms with Crippen molar-refractivity contribution in [3.8, 4) is 0 Å². The number of piperidine rings is 1. The summed E-state index contributed by atoms with van der Waals surface area (Å²) < 4.78 is 26.8. The van der Waals surface area contributed by atoms with Crippen LogP contribution in [0.15, 0.2) is 12.4 Å². The van der Waals surface area contributed by atoms with Crippen molar-refractivity contribution in [3.05, 3.63) is 18.0 Å². The molecule has 1 aromatic rings. The van der Waals surface area contributed by atoms with Crippen LogP contribution < -0.4 is 4.90 Å². The molecular formula is C13H19N3O3S. The van der Waals surface area contributed by atoms with E-state index >= 15 is 0 Å². The van der Waals surface area contributed by atoms with Gasteiger partial charge in [-0.15, -0.1) is 0 Å². The van der Waals surface area contributed by atoms with Crippen LogP contribution in [-0.2, 0) is 20.7 Å². The van der Waals surface area contributed by atoms with Crippen molar-refractivity contribution in [1.82, 2.24) is 9.97 Å². The summed E-state index contributed by atoms with van der Waals surface area (Å²) in [6.45, 7) is 4.19. The molecule has 2 unspecified atom stereocenters. The predicted molar refractivity (Wildman–Crippen MR) is 74.9 cm³/mol. The first kappa shape index (κ1) is 13.8. The van der Waals surface area contributed by atoms with E-state index in [9.17, 15) is 8.42 Å². The van der Waals surface area contributed by atoms with Crippen LogP contribution in [0.25, 0.3) is 0 Å². The molecule has 7 heteroatoms. The summed E-state index contributed by atoms with van der Waals surface area (Å²) in [7, 11) is -3.32. The lowest BCUT2D eigenvalue weighted by atomic mass is 10.3. The average molecular weight is 297 g/mol. The number of fused-ring (bicyclic) bond motifs is 1. The maximum absolute atomic E-state index is 11.0. The van der Waals surface area contributed by atoms with Gasteiger partial charge in [0.2, 0.25) is 5.95 Å². The Morgan fingerprint density at radius 2 is 1.90 bits per heavy atom. The van der Waals surface area contributed by atoms with E-state index in [1.54, 1.807) is 0 Å². The minimum atomic E-state index is -3.32. The second-order valence-corrected chi connectivity index (χ2v) is 7.27. The first-order valence-electron chi connectivity index (χ1n) is 6.88. The number of anilines is 1. The van der Waals surface area contributed by atoms with Crippen LogP contribution in [0.5, 0.6) is 0 Å². The van der Waals surface area contributed by atoms with Crippen molar-refractivity contribution in [3.63, 3.8) is 0 Å². The van der Waals surface area contributed by atoms with Crippen LogP contribution in [0.1, 0.15) is 12.5 Å². The molecule has 2 heterocycles. The molecule has 0 amide bonds. The van der Waals surface area contributed by atoms with Gasteiger partial charge in [0.25, 0.3) is 10.1 Å². The molecule has 2 aliphatic rings. The maximum atomic E-state index is 11.0. The lowest BCUT2D eigenvalue weighted by Crippen LogP contribution is -2.27. The topological polar surface area (TPSA) is 72.4 Å². The Morgan fingerprint density at radius 3 is 2.40 bits per heavy atom. The first-order valence-corrected chi connectivity index (χ1v) is 8.70. The molecule has 0 bridgehead atoms. The van der Waals surface area contributed by atoms with E-state index in [2.05, 4.69) is 21.8 Å². The molecule has 2 fully saturated rings. The van der Waals surface area contributed by atoms with Crippen LogP contribution in [0.3, 0.4) is 0 Å². The molecule has 20 heavy (non-hydrogen) atoms. The molecule has 110 valence electrons. The molecule has 1 aliphatic carbocycles. The molecule has 1 aromatic heterocycles. The Balaban J connectivity index is 1.53. The van der Waals surface area contributed by atoms with E-state index in [0.29, 0.717) is 24.4 Å². The number of nitrogens with zero attached hydrogens (tertiary/aromatic N) is 3. The van der Waals surface area contributed by atoms with E-state index in [0.717, 1.165) is 37.3 Å². The second kappa shape index (κ2) is 4.96. The third kappa shape index (κ3) is 2.78. The van der Waals surface area contributed by atoms with Crippen molar-refractivity contribution >= 4 is 16.1 Å². The fraction of sp³-hybridized carbons (Fsp3) is 0.692. The maximum Gasteiger partial charge on any atom is 0.264 e. The molecule has 6 nitrogen and oxygen atoms in total. The minimum Gasteiger partial charge on any atom is -0.340 e. The Kier molecular flexibility index (Phi) is 3.41. The summed E-state index contributed by atoms with van der Waals surface area (Å²) >= 11 is 0. The molecular weight excluding hydrogens is 278 g/mol. The van der Waals surface area contributed by atoms with Gasteiger partial charge in [0.05, 0.1) is 12.9 Å². The van der Waals surface area contributed by atoms with Crippen LogP contribution >= 0.6 is 0 Å². The zero-order chi connectivity index (χ0) is 14.3. The third-order valence-electron chi connectivity index (χ3n) is 4.23. The Hall–Kier alpha value is -1.21. The zero-order valence-electron chi connectivity index (χ0n) is 11.7. The summed E-state index contributed by atoms with van der Waals surface area (Å²) in [6.07, 6.45) is 5.78. The molecule has 0 spiro atoms. The highest BCUT2D eigenvalue weighted by Gasteiger charge is 2.56. The summed E-state index contributed by atoms with van der Waals surface area (Å²) in [5.41, 5.74) is 1.14. The number of aryl methyl sites for hydroxylation is 1. The molecule has 0 radical (unpaired) electrons. The van der Waals surface area contributed by atoms with E-state index < -0.39 is 10.1 Å². The standard InChI is InChI=1S/C13H19N3O3S/c1-3-9-4-14-13(15-5-9)16-6-10-11(7-16)12(10)8-19-20(2,17)18/h4-5,10-12H,3,6-8H2,1-2H3/t10-,11?,12?/m0/s1. The molecule has 3 rings (SSSR count). The van der Waals surface area contributed by atoms with Gasteiger partial charge < -0.3 is 4.90 Å². The largest absolute Gasteiger partial charge is 0.340 e. The van der Waals surface area contributed by atoms with Crippen LogP contribution in [0, 0.1) is 17.8 Å². The van der Waals surface area contributed by atoms with Gasteiger partial charge in [-0.25, -0.2) is 9.97 Å². The highest BCUT2D eigenvalue weighted by atomic mass is 32.2. The van der Waals surface area contributed by atoms with Crippen molar-refractivity contribution in [2.75, 3.05) is 30.9 Å². The van der Waals surface area contributed by atoms with Gasteiger partial charge in [-0.3, -0.25) is 4.18 Å². The van der Waals surface area contributed by atoms with E-state index in [1.807, 2.05) is 12.4 Å². The minimum absolute atomic E-state index is 0.317. The van der Waals surface area contributed by atoms with E-state index in [4.69, 9.17) is 4.18 Å². The molecule has 1 saturated carbocycles. The number of aromatic nitrogens is 2. The van der Waals surface area contributed by atoms with E-state index in [1.165, 1.54) is 0 Å². The number of hydrogen-bond acceptors (Lipinski definition) is 6.